The van der Waals surface area contributed by atoms with Gasteiger partial charge in [-0.3, -0.25) is 4.98 Å². The Kier molecular flexibility index (Phi) is 5.85. The second-order valence-corrected chi connectivity index (χ2v) is 6.84. The third-order valence-electron chi connectivity index (χ3n) is 4.69. The fourth-order valence-corrected chi connectivity index (χ4v) is 3.16. The third kappa shape index (κ3) is 5.03. The van der Waals surface area contributed by atoms with E-state index in [0.29, 0.717) is 11.4 Å². The van der Waals surface area contributed by atoms with Gasteiger partial charge in [-0.05, 0) is 53.1 Å². The van der Waals surface area contributed by atoms with Gasteiger partial charge in [0, 0.05) is 42.8 Å². The van der Waals surface area contributed by atoms with Crippen LogP contribution in [-0.4, -0.2) is 19.9 Å². The topological polar surface area (TPSA) is 64.7 Å². The van der Waals surface area contributed by atoms with Crippen LogP contribution in [-0.2, 0) is 20.1 Å². The molecule has 0 aliphatic carbocycles. The molecule has 0 N–H and O–H groups in total. The zero-order valence-electron chi connectivity index (χ0n) is 20.2. The summed E-state index contributed by atoms with van der Waals surface area (Å²) in [6.07, 6.45) is 4.86. The van der Waals surface area contributed by atoms with Crippen LogP contribution in [0.15, 0.2) is 95.8 Å². The van der Waals surface area contributed by atoms with Crippen LogP contribution >= 0.6 is 0 Å². The molecule has 6 rings (SSSR count). The normalized spacial score (nSPS) is 12.1. The van der Waals surface area contributed by atoms with E-state index in [9.17, 15) is 0 Å². The number of benzene rings is 1. The van der Waals surface area contributed by atoms with Crippen LogP contribution in [0.2, 0.25) is 0 Å². The fourth-order valence-electron chi connectivity index (χ4n) is 3.16. The Labute approximate surface area is 209 Å². The molecule has 0 bridgehead atoms. The van der Waals surface area contributed by atoms with Gasteiger partial charge in [0.2, 0.25) is 0 Å². The van der Waals surface area contributed by atoms with Gasteiger partial charge in [0.05, 0.1) is 5.52 Å². The van der Waals surface area contributed by atoms with Gasteiger partial charge in [-0.2, -0.15) is 12.1 Å². The molecule has 0 spiro atoms. The van der Waals surface area contributed by atoms with Crippen molar-refractivity contribution in [3.05, 3.63) is 109 Å². The molecule has 0 unspecified atom stereocenters. The molecule has 6 aromatic rings. The molecule has 33 heavy (non-hydrogen) atoms. The number of fused-ring (bicyclic) bond motifs is 3. The summed E-state index contributed by atoms with van der Waals surface area (Å²) >= 11 is 0. The standard InChI is InChI=1S/C15H8N3O.C12H10N.Ir/c1-2-8-16-11(4-1)12-7-6-10-14-13(5-3-9-17-14)19-15(10)18-12;1-10-7-8-12(13-9-10)11-5-3-2-4-6-11;/h1-6,8-9H;2-5,7-9H,1H3;/q2*-1;/i;1D3;. The summed E-state index contributed by atoms with van der Waals surface area (Å²) in [5.41, 5.74) is 5.41. The van der Waals surface area contributed by atoms with Gasteiger partial charge in [-0.25, -0.2) is 4.98 Å². The summed E-state index contributed by atoms with van der Waals surface area (Å²) in [5.74, 6) is 0. The van der Waals surface area contributed by atoms with E-state index in [0.717, 1.165) is 33.4 Å². The average Bonchev–Trinajstić information content (AvgIpc) is 3.28. The van der Waals surface area contributed by atoms with Crippen LogP contribution in [0.3, 0.4) is 0 Å². The van der Waals surface area contributed by atoms with E-state index in [-0.39, 0.29) is 25.7 Å². The summed E-state index contributed by atoms with van der Waals surface area (Å²) in [5, 5.41) is 0.871. The molecule has 163 valence electrons. The first kappa shape index (κ1) is 18.8. The van der Waals surface area contributed by atoms with Gasteiger partial charge in [0.15, 0.2) is 5.71 Å². The van der Waals surface area contributed by atoms with E-state index < -0.39 is 6.85 Å². The fraction of sp³-hybridized carbons (Fsp3) is 0.0370. The SMILES string of the molecule is [2H]C([2H])([2H])c1ccc(-c2[c-]cccc2)nc1.[Ir].[c-]1cc2c(nc1-c1ccccn1)oc1cccnc12. The van der Waals surface area contributed by atoms with Crippen LogP contribution in [0.1, 0.15) is 9.68 Å². The maximum absolute atomic E-state index is 7.23. The Morgan fingerprint density at radius 1 is 0.848 bits per heavy atom. The minimum absolute atomic E-state index is 0. The van der Waals surface area contributed by atoms with E-state index in [2.05, 4.69) is 32.1 Å². The first-order valence-corrected chi connectivity index (χ1v) is 9.90. The number of rotatable bonds is 2. The first-order valence-electron chi connectivity index (χ1n) is 11.4. The van der Waals surface area contributed by atoms with Gasteiger partial charge in [0.25, 0.3) is 0 Å². The molecule has 5 aromatic heterocycles. The average molecular weight is 610 g/mol. The molecule has 6 heteroatoms. The molecular weight excluding hydrogens is 589 g/mol. The summed E-state index contributed by atoms with van der Waals surface area (Å²) in [6, 6.07) is 28.2. The zero-order chi connectivity index (χ0) is 24.3. The minimum Gasteiger partial charge on any atom is -0.449 e. The van der Waals surface area contributed by atoms with Crippen LogP contribution in [0.4, 0.5) is 0 Å². The van der Waals surface area contributed by atoms with Gasteiger partial charge < -0.3 is 14.4 Å². The second kappa shape index (κ2) is 10.3. The summed E-state index contributed by atoms with van der Waals surface area (Å²) < 4.78 is 27.4. The molecular formula is C27H18IrN4O-2. The molecule has 0 aliphatic rings. The first-order chi connectivity index (χ1) is 17.0. The van der Waals surface area contributed by atoms with Crippen LogP contribution in [0.5, 0.6) is 0 Å². The summed E-state index contributed by atoms with van der Waals surface area (Å²) in [6.45, 7) is -2.09. The quantitative estimate of drug-likeness (QED) is 0.222. The number of hydrogen-bond donors (Lipinski definition) is 0. The van der Waals surface area contributed by atoms with Crippen LogP contribution in [0, 0.1) is 19.0 Å². The number of furan rings is 1. The molecule has 5 nitrogen and oxygen atoms in total. The Morgan fingerprint density at radius 2 is 1.76 bits per heavy atom. The Bertz CT molecular complexity index is 1570. The molecule has 0 saturated heterocycles. The molecule has 1 radical (unpaired) electrons. The van der Waals surface area contributed by atoms with E-state index in [1.807, 2.05) is 54.6 Å². The van der Waals surface area contributed by atoms with E-state index in [1.165, 1.54) is 6.20 Å². The maximum Gasteiger partial charge on any atom is 0.171 e. The van der Waals surface area contributed by atoms with Crippen molar-refractivity contribution >= 4 is 22.2 Å². The van der Waals surface area contributed by atoms with E-state index in [1.54, 1.807) is 30.6 Å². The van der Waals surface area contributed by atoms with Crippen molar-refractivity contribution in [3.63, 3.8) is 0 Å². The van der Waals surface area contributed by atoms with Gasteiger partial charge in [-0.1, -0.05) is 24.3 Å². The predicted octanol–water partition coefficient (Wildman–Crippen LogP) is 6.09. The largest absolute Gasteiger partial charge is 0.449 e. The van der Waals surface area contributed by atoms with Crippen LogP contribution in [0.25, 0.3) is 44.8 Å². The van der Waals surface area contributed by atoms with Crippen molar-refractivity contribution in [2.75, 3.05) is 0 Å². The summed E-state index contributed by atoms with van der Waals surface area (Å²) in [4.78, 5) is 17.1. The number of nitrogens with zero attached hydrogens (tertiary/aromatic N) is 4. The van der Waals surface area contributed by atoms with Crippen molar-refractivity contribution in [1.82, 2.24) is 19.9 Å². The predicted molar refractivity (Wildman–Crippen MR) is 125 cm³/mol. The van der Waals surface area contributed by atoms with Gasteiger partial charge in [-0.15, -0.1) is 35.9 Å². The molecule has 0 amide bonds. The number of aryl methyl sites for hydroxylation is 1. The Balaban J connectivity index is 0.000000167. The smallest absolute Gasteiger partial charge is 0.171 e. The molecule has 0 aliphatic heterocycles. The number of hydrogen-bond acceptors (Lipinski definition) is 5. The summed E-state index contributed by atoms with van der Waals surface area (Å²) in [7, 11) is 0. The Hall–Kier alpha value is -3.73. The minimum atomic E-state index is -2.09. The van der Waals surface area contributed by atoms with Crippen molar-refractivity contribution in [2.45, 2.75) is 6.85 Å². The zero-order valence-corrected chi connectivity index (χ0v) is 19.6. The van der Waals surface area contributed by atoms with E-state index in [4.69, 9.17) is 8.53 Å². The molecule has 1 aromatic carbocycles. The van der Waals surface area contributed by atoms with Crippen molar-refractivity contribution in [3.8, 4) is 22.6 Å². The molecule has 0 atom stereocenters. The molecule has 5 heterocycles. The third-order valence-corrected chi connectivity index (χ3v) is 4.69. The number of pyridine rings is 4. The second-order valence-electron chi connectivity index (χ2n) is 6.84. The van der Waals surface area contributed by atoms with Crippen LogP contribution < -0.4 is 0 Å². The monoisotopic (exact) mass is 610 g/mol. The Morgan fingerprint density at radius 3 is 2.52 bits per heavy atom. The van der Waals surface area contributed by atoms with Crippen molar-refractivity contribution in [1.29, 1.82) is 0 Å². The molecule has 0 saturated carbocycles. The van der Waals surface area contributed by atoms with E-state index >= 15 is 0 Å². The van der Waals surface area contributed by atoms with Gasteiger partial charge >= 0.3 is 0 Å². The molecule has 0 fully saturated rings. The number of aromatic nitrogens is 4. The van der Waals surface area contributed by atoms with Gasteiger partial charge in [0.1, 0.15) is 5.58 Å². The van der Waals surface area contributed by atoms with Crippen molar-refractivity contribution < 1.29 is 28.6 Å². The van der Waals surface area contributed by atoms with Crippen molar-refractivity contribution in [2.24, 2.45) is 0 Å². The maximum atomic E-state index is 7.23.